The summed E-state index contributed by atoms with van der Waals surface area (Å²) < 4.78 is 0. The van der Waals surface area contributed by atoms with Gasteiger partial charge in [0.25, 0.3) is 11.4 Å². The van der Waals surface area contributed by atoms with Gasteiger partial charge in [0.05, 0.1) is 15.9 Å². The molecule has 0 spiro atoms. The van der Waals surface area contributed by atoms with Crippen LogP contribution in [0.15, 0.2) is 18.2 Å². The summed E-state index contributed by atoms with van der Waals surface area (Å²) in [5.41, 5.74) is -0.349. The van der Waals surface area contributed by atoms with Crippen LogP contribution in [0.2, 0.25) is 0 Å². The SMILES string of the molecule is CC.CC.CNc1ccc([N+](=O)[O-])cc1[N+](=O)[O-]. The second kappa shape index (κ2) is 10.0. The molecule has 1 N–H and O–H groups in total. The van der Waals surface area contributed by atoms with Gasteiger partial charge in [-0.3, -0.25) is 20.2 Å². The summed E-state index contributed by atoms with van der Waals surface area (Å²) in [6.07, 6.45) is 0. The zero-order valence-electron chi connectivity index (χ0n) is 11.3. The zero-order valence-corrected chi connectivity index (χ0v) is 11.3. The van der Waals surface area contributed by atoms with Gasteiger partial charge in [-0.15, -0.1) is 0 Å². The fourth-order valence-corrected chi connectivity index (χ4v) is 0.996. The van der Waals surface area contributed by atoms with E-state index in [1.807, 2.05) is 27.7 Å². The van der Waals surface area contributed by atoms with Crippen molar-refractivity contribution in [2.45, 2.75) is 27.7 Å². The first kappa shape index (κ1) is 18.2. The molecule has 0 aliphatic heterocycles. The van der Waals surface area contributed by atoms with E-state index in [1.165, 1.54) is 19.2 Å². The molecular weight excluding hydrogens is 238 g/mol. The molecule has 0 aliphatic rings. The summed E-state index contributed by atoms with van der Waals surface area (Å²) in [5, 5.41) is 23.4. The number of rotatable bonds is 3. The minimum absolute atomic E-state index is 0.251. The van der Waals surface area contributed by atoms with E-state index in [0.29, 0.717) is 0 Å². The van der Waals surface area contributed by atoms with Crippen molar-refractivity contribution >= 4 is 17.1 Å². The topological polar surface area (TPSA) is 98.3 Å². The Morgan fingerprint density at radius 2 is 1.50 bits per heavy atom. The Morgan fingerprint density at radius 1 is 1.00 bits per heavy atom. The number of nitrogens with one attached hydrogen (secondary N) is 1. The lowest BCUT2D eigenvalue weighted by Gasteiger charge is -2.00. The summed E-state index contributed by atoms with van der Waals surface area (Å²) in [6.45, 7) is 8.00. The maximum atomic E-state index is 10.5. The molecule has 18 heavy (non-hydrogen) atoms. The molecule has 0 bridgehead atoms. The van der Waals surface area contributed by atoms with Crippen LogP contribution in [0.3, 0.4) is 0 Å². The van der Waals surface area contributed by atoms with Gasteiger partial charge >= 0.3 is 0 Å². The number of hydrogen-bond acceptors (Lipinski definition) is 5. The van der Waals surface area contributed by atoms with Crippen molar-refractivity contribution in [3.63, 3.8) is 0 Å². The molecule has 0 fully saturated rings. The summed E-state index contributed by atoms with van der Waals surface area (Å²) in [6, 6.07) is 3.43. The monoisotopic (exact) mass is 257 g/mol. The van der Waals surface area contributed by atoms with E-state index in [2.05, 4.69) is 5.32 Å². The molecule has 1 aromatic carbocycles. The van der Waals surface area contributed by atoms with Gasteiger partial charge in [0, 0.05) is 13.1 Å². The Kier molecular flexibility index (Phi) is 10.1. The van der Waals surface area contributed by atoms with E-state index in [4.69, 9.17) is 0 Å². The fraction of sp³-hybridized carbons (Fsp3) is 0.455. The number of anilines is 1. The van der Waals surface area contributed by atoms with Gasteiger partial charge in [0.15, 0.2) is 0 Å². The standard InChI is InChI=1S/C7H7N3O4.2C2H6/c1-8-6-3-2-5(9(11)12)4-7(6)10(13)14;2*1-2/h2-4,8H,1H3;2*1-2H3. The Morgan fingerprint density at radius 3 is 1.83 bits per heavy atom. The van der Waals surface area contributed by atoms with Crippen molar-refractivity contribution in [3.8, 4) is 0 Å². The van der Waals surface area contributed by atoms with E-state index < -0.39 is 9.85 Å². The van der Waals surface area contributed by atoms with Gasteiger partial charge in [-0.1, -0.05) is 27.7 Å². The first-order valence-corrected chi connectivity index (χ1v) is 5.67. The minimum Gasteiger partial charge on any atom is -0.383 e. The quantitative estimate of drug-likeness (QED) is 0.658. The second-order valence-corrected chi connectivity index (χ2v) is 2.47. The third-order valence-electron chi connectivity index (χ3n) is 1.66. The molecule has 7 heteroatoms. The first-order valence-electron chi connectivity index (χ1n) is 5.67. The fourth-order valence-electron chi connectivity index (χ4n) is 0.996. The Labute approximate surface area is 106 Å². The lowest BCUT2D eigenvalue weighted by atomic mass is 10.2. The number of nitrogens with zero attached hydrogens (tertiary/aromatic N) is 2. The molecule has 0 saturated heterocycles. The van der Waals surface area contributed by atoms with E-state index >= 15 is 0 Å². The first-order chi connectivity index (χ1) is 8.56. The van der Waals surface area contributed by atoms with Gasteiger partial charge < -0.3 is 5.32 Å². The van der Waals surface area contributed by atoms with Crippen LogP contribution in [0.1, 0.15) is 27.7 Å². The van der Waals surface area contributed by atoms with Crippen LogP contribution < -0.4 is 5.32 Å². The summed E-state index contributed by atoms with van der Waals surface area (Å²) >= 11 is 0. The smallest absolute Gasteiger partial charge is 0.299 e. The van der Waals surface area contributed by atoms with Gasteiger partial charge in [0.2, 0.25) is 0 Å². The molecule has 102 valence electrons. The van der Waals surface area contributed by atoms with Crippen LogP contribution in [-0.2, 0) is 0 Å². The Hall–Kier alpha value is -2.18. The second-order valence-electron chi connectivity index (χ2n) is 2.47. The normalized spacial score (nSPS) is 8.06. The van der Waals surface area contributed by atoms with E-state index in [9.17, 15) is 20.2 Å². The summed E-state index contributed by atoms with van der Waals surface area (Å²) in [7, 11) is 1.51. The molecule has 7 nitrogen and oxygen atoms in total. The molecular formula is C11H19N3O4. The summed E-state index contributed by atoms with van der Waals surface area (Å²) in [5.74, 6) is 0. The third kappa shape index (κ3) is 5.24. The molecule has 0 unspecified atom stereocenters. The molecule has 0 amide bonds. The largest absolute Gasteiger partial charge is 0.383 e. The highest BCUT2D eigenvalue weighted by atomic mass is 16.6. The molecule has 0 aromatic heterocycles. The molecule has 0 saturated carbocycles. The molecule has 0 aliphatic carbocycles. The highest BCUT2D eigenvalue weighted by Crippen LogP contribution is 2.28. The molecule has 1 rings (SSSR count). The van der Waals surface area contributed by atoms with Crippen molar-refractivity contribution in [2.75, 3.05) is 12.4 Å². The summed E-state index contributed by atoms with van der Waals surface area (Å²) in [4.78, 5) is 19.5. The highest BCUT2D eigenvalue weighted by Gasteiger charge is 2.17. The van der Waals surface area contributed by atoms with Crippen molar-refractivity contribution in [1.82, 2.24) is 0 Å². The van der Waals surface area contributed by atoms with Crippen molar-refractivity contribution in [2.24, 2.45) is 0 Å². The maximum absolute atomic E-state index is 10.5. The van der Waals surface area contributed by atoms with Crippen LogP contribution in [0.5, 0.6) is 0 Å². The predicted molar refractivity (Wildman–Crippen MR) is 72.0 cm³/mol. The van der Waals surface area contributed by atoms with Gasteiger partial charge in [-0.25, -0.2) is 0 Å². The average Bonchev–Trinajstić information content (AvgIpc) is 2.42. The predicted octanol–water partition coefficient (Wildman–Crippen LogP) is 3.60. The molecule has 1 aromatic rings. The van der Waals surface area contributed by atoms with Crippen molar-refractivity contribution < 1.29 is 9.85 Å². The van der Waals surface area contributed by atoms with E-state index in [1.54, 1.807) is 0 Å². The van der Waals surface area contributed by atoms with Crippen LogP contribution in [0, 0.1) is 20.2 Å². The highest BCUT2D eigenvalue weighted by molar-refractivity contribution is 5.64. The van der Waals surface area contributed by atoms with Crippen molar-refractivity contribution in [3.05, 3.63) is 38.4 Å². The molecule has 0 atom stereocenters. The van der Waals surface area contributed by atoms with Crippen LogP contribution in [0.4, 0.5) is 17.1 Å². The Balaban J connectivity index is 0. The van der Waals surface area contributed by atoms with Crippen LogP contribution >= 0.6 is 0 Å². The van der Waals surface area contributed by atoms with Gasteiger partial charge in [0.1, 0.15) is 5.69 Å². The number of hydrogen-bond donors (Lipinski definition) is 1. The number of benzene rings is 1. The van der Waals surface area contributed by atoms with E-state index in [0.717, 1.165) is 6.07 Å². The van der Waals surface area contributed by atoms with Crippen LogP contribution in [0.25, 0.3) is 0 Å². The lowest BCUT2D eigenvalue weighted by Crippen LogP contribution is -1.98. The lowest BCUT2D eigenvalue weighted by molar-refractivity contribution is -0.393. The van der Waals surface area contributed by atoms with Gasteiger partial charge in [-0.05, 0) is 6.07 Å². The minimum atomic E-state index is -0.674. The number of non-ortho nitro benzene ring substituents is 1. The maximum Gasteiger partial charge on any atom is 0.299 e. The van der Waals surface area contributed by atoms with E-state index in [-0.39, 0.29) is 17.1 Å². The van der Waals surface area contributed by atoms with Crippen LogP contribution in [-0.4, -0.2) is 16.9 Å². The number of nitro benzene ring substituents is 2. The Bertz CT molecular complexity index is 394. The third-order valence-corrected chi connectivity index (χ3v) is 1.66. The average molecular weight is 257 g/mol. The molecule has 0 radical (unpaired) electrons. The number of nitro groups is 2. The van der Waals surface area contributed by atoms with Gasteiger partial charge in [-0.2, -0.15) is 0 Å². The molecule has 0 heterocycles. The zero-order chi connectivity index (χ0) is 14.7. The van der Waals surface area contributed by atoms with Crippen molar-refractivity contribution in [1.29, 1.82) is 0 Å².